The first-order valence-electron chi connectivity index (χ1n) is 5.37. The van der Waals surface area contributed by atoms with Crippen molar-refractivity contribution < 1.29 is 9.63 Å². The van der Waals surface area contributed by atoms with E-state index in [1.807, 2.05) is 40.8 Å². The molecule has 0 fully saturated rings. The Kier molecular flexibility index (Phi) is 4.15. The molecule has 0 saturated carbocycles. The van der Waals surface area contributed by atoms with Gasteiger partial charge in [0.1, 0.15) is 0 Å². The van der Waals surface area contributed by atoms with E-state index < -0.39 is 5.97 Å². The van der Waals surface area contributed by atoms with Crippen LogP contribution in [-0.2, 0) is 11.9 Å². The van der Waals surface area contributed by atoms with Crippen LogP contribution in [0.1, 0.15) is 16.1 Å². The monoisotopic (exact) mass is 370 g/mol. The molecule has 0 spiro atoms. The van der Waals surface area contributed by atoms with E-state index in [4.69, 9.17) is 10.6 Å². The van der Waals surface area contributed by atoms with Crippen LogP contribution >= 0.6 is 22.6 Å². The summed E-state index contributed by atoms with van der Waals surface area (Å²) in [7, 11) is 1.72. The van der Waals surface area contributed by atoms with Crippen LogP contribution in [0, 0.1) is 3.57 Å². The van der Waals surface area contributed by atoms with Gasteiger partial charge < -0.3 is 10.6 Å². The van der Waals surface area contributed by atoms with E-state index in [1.165, 1.54) is 4.68 Å². The SMILES string of the molecule is Cn1cc(I)c(C(=O)O/N=C(\N)c2ccccc2)n1. The zero-order valence-electron chi connectivity index (χ0n) is 10.1. The van der Waals surface area contributed by atoms with Gasteiger partial charge in [0, 0.05) is 18.8 Å². The molecular formula is C12H11IN4O2. The number of hydrogen-bond donors (Lipinski definition) is 1. The maximum atomic E-state index is 11.7. The topological polar surface area (TPSA) is 82.5 Å². The van der Waals surface area contributed by atoms with Gasteiger partial charge in [-0.05, 0) is 22.6 Å². The highest BCUT2D eigenvalue weighted by molar-refractivity contribution is 14.1. The summed E-state index contributed by atoms with van der Waals surface area (Å²) in [6.45, 7) is 0. The molecule has 0 radical (unpaired) electrons. The number of oxime groups is 1. The van der Waals surface area contributed by atoms with Gasteiger partial charge in [-0.15, -0.1) is 0 Å². The van der Waals surface area contributed by atoms with Crippen molar-refractivity contribution >= 4 is 34.4 Å². The third-order valence-electron chi connectivity index (χ3n) is 2.27. The van der Waals surface area contributed by atoms with E-state index in [0.29, 0.717) is 9.13 Å². The zero-order valence-corrected chi connectivity index (χ0v) is 12.2. The van der Waals surface area contributed by atoms with Crippen LogP contribution in [0.5, 0.6) is 0 Å². The lowest BCUT2D eigenvalue weighted by molar-refractivity contribution is 0.0507. The molecule has 2 N–H and O–H groups in total. The molecular weight excluding hydrogens is 359 g/mol. The molecule has 0 saturated heterocycles. The predicted molar refractivity (Wildman–Crippen MR) is 78.5 cm³/mol. The van der Waals surface area contributed by atoms with Gasteiger partial charge >= 0.3 is 5.97 Å². The summed E-state index contributed by atoms with van der Waals surface area (Å²) in [6.07, 6.45) is 1.71. The summed E-state index contributed by atoms with van der Waals surface area (Å²) < 4.78 is 2.22. The summed E-state index contributed by atoms with van der Waals surface area (Å²) in [5.41, 5.74) is 6.61. The number of halogens is 1. The number of rotatable bonds is 3. The molecule has 0 aliphatic heterocycles. The molecule has 2 aromatic rings. The van der Waals surface area contributed by atoms with Gasteiger partial charge in [0.2, 0.25) is 0 Å². The first-order valence-corrected chi connectivity index (χ1v) is 6.45. The molecule has 2 rings (SSSR count). The number of aryl methyl sites for hydroxylation is 1. The van der Waals surface area contributed by atoms with Crippen molar-refractivity contribution in [1.29, 1.82) is 0 Å². The molecule has 0 aliphatic carbocycles. The lowest BCUT2D eigenvalue weighted by atomic mass is 10.2. The smallest absolute Gasteiger partial charge is 0.380 e. The lowest BCUT2D eigenvalue weighted by Gasteiger charge is -1.99. The third-order valence-corrected chi connectivity index (χ3v) is 3.06. The minimum Gasteiger partial charge on any atom is -0.380 e. The first-order chi connectivity index (χ1) is 9.08. The standard InChI is InChI=1S/C12H11IN4O2/c1-17-7-9(13)10(15-17)12(18)19-16-11(14)8-5-3-2-4-6-8/h2-7H,1H3,(H2,14,16). The molecule has 98 valence electrons. The van der Waals surface area contributed by atoms with Crippen molar-refractivity contribution in [2.45, 2.75) is 0 Å². The predicted octanol–water partition coefficient (Wildman–Crippen LogP) is 1.50. The lowest BCUT2D eigenvalue weighted by Crippen LogP contribution is -2.15. The van der Waals surface area contributed by atoms with Gasteiger partial charge in [0.15, 0.2) is 11.5 Å². The Bertz CT molecular complexity index is 622. The largest absolute Gasteiger partial charge is 0.386 e. The Morgan fingerprint density at radius 3 is 2.68 bits per heavy atom. The van der Waals surface area contributed by atoms with E-state index >= 15 is 0 Å². The number of hydrogen-bond acceptors (Lipinski definition) is 4. The van der Waals surface area contributed by atoms with Gasteiger partial charge in [-0.2, -0.15) is 5.10 Å². The fourth-order valence-electron chi connectivity index (χ4n) is 1.39. The van der Waals surface area contributed by atoms with Gasteiger partial charge in [0.25, 0.3) is 0 Å². The zero-order chi connectivity index (χ0) is 13.8. The van der Waals surface area contributed by atoms with Crippen LogP contribution in [0.3, 0.4) is 0 Å². The highest BCUT2D eigenvalue weighted by Gasteiger charge is 2.16. The van der Waals surface area contributed by atoms with Crippen molar-refractivity contribution in [3.8, 4) is 0 Å². The molecule has 19 heavy (non-hydrogen) atoms. The summed E-state index contributed by atoms with van der Waals surface area (Å²) in [5.74, 6) is -0.497. The van der Waals surface area contributed by atoms with Crippen LogP contribution in [-0.4, -0.2) is 21.6 Å². The minimum atomic E-state index is -0.635. The Hall–Kier alpha value is -1.90. The second kappa shape index (κ2) is 5.83. The Morgan fingerprint density at radius 2 is 2.11 bits per heavy atom. The Morgan fingerprint density at radius 1 is 1.42 bits per heavy atom. The molecule has 7 heteroatoms. The fraction of sp³-hybridized carbons (Fsp3) is 0.0833. The fourth-order valence-corrected chi connectivity index (χ4v) is 2.12. The maximum absolute atomic E-state index is 11.7. The van der Waals surface area contributed by atoms with Crippen molar-refractivity contribution in [1.82, 2.24) is 9.78 Å². The van der Waals surface area contributed by atoms with Crippen molar-refractivity contribution in [3.05, 3.63) is 51.4 Å². The number of carbonyl (C=O) groups is 1. The Labute approximate surface area is 123 Å². The van der Waals surface area contributed by atoms with E-state index in [2.05, 4.69) is 10.3 Å². The van der Waals surface area contributed by atoms with E-state index in [-0.39, 0.29) is 11.5 Å². The summed E-state index contributed by atoms with van der Waals surface area (Å²) in [6, 6.07) is 9.05. The summed E-state index contributed by atoms with van der Waals surface area (Å²) in [4.78, 5) is 16.5. The average Bonchev–Trinajstić information content (AvgIpc) is 2.75. The van der Waals surface area contributed by atoms with E-state index in [0.717, 1.165) is 0 Å². The van der Waals surface area contributed by atoms with Gasteiger partial charge in [0.05, 0.1) is 3.57 Å². The molecule has 1 aromatic heterocycles. The maximum Gasteiger partial charge on any atom is 0.386 e. The highest BCUT2D eigenvalue weighted by Crippen LogP contribution is 2.11. The van der Waals surface area contributed by atoms with Crippen LogP contribution in [0.25, 0.3) is 0 Å². The van der Waals surface area contributed by atoms with Gasteiger partial charge in [-0.3, -0.25) is 4.68 Å². The molecule has 6 nitrogen and oxygen atoms in total. The molecule has 0 atom stereocenters. The number of nitrogens with two attached hydrogens (primary N) is 1. The molecule has 0 unspecified atom stereocenters. The number of nitrogens with zero attached hydrogens (tertiary/aromatic N) is 3. The second-order valence-electron chi connectivity index (χ2n) is 3.72. The Balaban J connectivity index is 2.10. The van der Waals surface area contributed by atoms with Crippen molar-refractivity contribution in [2.75, 3.05) is 0 Å². The molecule has 0 bridgehead atoms. The molecule has 1 aromatic carbocycles. The van der Waals surface area contributed by atoms with Gasteiger partial charge in [-0.25, -0.2) is 4.79 Å². The van der Waals surface area contributed by atoms with E-state index in [1.54, 1.807) is 25.4 Å². The second-order valence-corrected chi connectivity index (χ2v) is 4.88. The number of benzene rings is 1. The normalized spacial score (nSPS) is 11.4. The van der Waals surface area contributed by atoms with Crippen LogP contribution < -0.4 is 5.73 Å². The van der Waals surface area contributed by atoms with Crippen LogP contribution in [0.4, 0.5) is 0 Å². The number of carbonyl (C=O) groups excluding carboxylic acids is 1. The van der Waals surface area contributed by atoms with Gasteiger partial charge in [-0.1, -0.05) is 35.5 Å². The minimum absolute atomic E-state index is 0.139. The third kappa shape index (κ3) is 3.31. The van der Waals surface area contributed by atoms with Crippen molar-refractivity contribution in [2.24, 2.45) is 17.9 Å². The highest BCUT2D eigenvalue weighted by atomic mass is 127. The number of aromatic nitrogens is 2. The average molecular weight is 370 g/mol. The quantitative estimate of drug-likeness (QED) is 0.292. The first kappa shape index (κ1) is 13.5. The van der Waals surface area contributed by atoms with Crippen LogP contribution in [0.2, 0.25) is 0 Å². The molecule has 0 amide bonds. The van der Waals surface area contributed by atoms with Crippen LogP contribution in [0.15, 0.2) is 41.7 Å². The molecule has 1 heterocycles. The summed E-state index contributed by atoms with van der Waals surface area (Å²) >= 11 is 2.00. The number of amidine groups is 1. The molecule has 0 aliphatic rings. The van der Waals surface area contributed by atoms with Crippen molar-refractivity contribution in [3.63, 3.8) is 0 Å². The summed E-state index contributed by atoms with van der Waals surface area (Å²) in [5, 5.41) is 7.60. The van der Waals surface area contributed by atoms with E-state index in [9.17, 15) is 4.79 Å².